The Hall–Kier alpha value is -1.10. The molecule has 0 aromatic carbocycles. The standard InChI is InChI=1S/C8H16N4O/c1-4-12(5-2)8-10-7(6(3)9)13-11-8/h6H,4-5,9H2,1-3H3/t6-/m1/s1. The van der Waals surface area contributed by atoms with Crippen LogP contribution in [0.2, 0.25) is 0 Å². The van der Waals surface area contributed by atoms with Gasteiger partial charge in [-0.1, -0.05) is 0 Å². The van der Waals surface area contributed by atoms with Crippen LogP contribution in [0.3, 0.4) is 0 Å². The zero-order valence-corrected chi connectivity index (χ0v) is 8.32. The Bertz CT molecular complexity index is 254. The highest BCUT2D eigenvalue weighted by atomic mass is 16.5. The molecule has 0 aliphatic heterocycles. The second kappa shape index (κ2) is 4.23. The molecular formula is C8H16N4O. The van der Waals surface area contributed by atoms with Crippen molar-refractivity contribution in [2.75, 3.05) is 18.0 Å². The average Bonchev–Trinajstić information content (AvgIpc) is 2.56. The summed E-state index contributed by atoms with van der Waals surface area (Å²) < 4.78 is 4.98. The maximum absolute atomic E-state index is 5.60. The molecule has 0 saturated carbocycles. The van der Waals surface area contributed by atoms with Gasteiger partial charge >= 0.3 is 0 Å². The third-order valence-corrected chi connectivity index (χ3v) is 1.87. The van der Waals surface area contributed by atoms with E-state index in [1.807, 2.05) is 25.7 Å². The van der Waals surface area contributed by atoms with Gasteiger partial charge in [-0.2, -0.15) is 4.98 Å². The van der Waals surface area contributed by atoms with E-state index in [9.17, 15) is 0 Å². The van der Waals surface area contributed by atoms with Gasteiger partial charge in [-0.05, 0) is 25.9 Å². The van der Waals surface area contributed by atoms with Crippen LogP contribution in [0.1, 0.15) is 32.7 Å². The van der Waals surface area contributed by atoms with Gasteiger partial charge in [0.15, 0.2) is 0 Å². The highest BCUT2D eigenvalue weighted by Gasteiger charge is 2.13. The van der Waals surface area contributed by atoms with Crippen molar-refractivity contribution in [2.45, 2.75) is 26.8 Å². The lowest BCUT2D eigenvalue weighted by Gasteiger charge is -2.14. The Morgan fingerprint density at radius 3 is 2.46 bits per heavy atom. The molecule has 1 aromatic rings. The zero-order valence-electron chi connectivity index (χ0n) is 8.32. The summed E-state index contributed by atoms with van der Waals surface area (Å²) in [4.78, 5) is 6.18. The maximum Gasteiger partial charge on any atom is 0.266 e. The largest absolute Gasteiger partial charge is 0.339 e. The van der Waals surface area contributed by atoms with E-state index in [0.717, 1.165) is 13.1 Å². The molecule has 1 heterocycles. The fourth-order valence-electron chi connectivity index (χ4n) is 1.05. The highest BCUT2D eigenvalue weighted by Crippen LogP contribution is 2.12. The Labute approximate surface area is 77.9 Å². The number of hydrogen-bond acceptors (Lipinski definition) is 5. The minimum atomic E-state index is -0.197. The Morgan fingerprint density at radius 1 is 1.46 bits per heavy atom. The summed E-state index contributed by atoms with van der Waals surface area (Å²) in [5.41, 5.74) is 5.60. The lowest BCUT2D eigenvalue weighted by molar-refractivity contribution is 0.361. The molecule has 0 saturated heterocycles. The molecule has 2 N–H and O–H groups in total. The number of nitrogens with zero attached hydrogens (tertiary/aromatic N) is 3. The van der Waals surface area contributed by atoms with Crippen molar-refractivity contribution in [1.29, 1.82) is 0 Å². The summed E-state index contributed by atoms with van der Waals surface area (Å²) in [7, 11) is 0. The molecule has 74 valence electrons. The van der Waals surface area contributed by atoms with Gasteiger partial charge in [0.05, 0.1) is 6.04 Å². The summed E-state index contributed by atoms with van der Waals surface area (Å²) >= 11 is 0. The number of aromatic nitrogens is 2. The highest BCUT2D eigenvalue weighted by molar-refractivity contribution is 5.26. The third-order valence-electron chi connectivity index (χ3n) is 1.87. The van der Waals surface area contributed by atoms with Crippen LogP contribution in [0.25, 0.3) is 0 Å². The van der Waals surface area contributed by atoms with Gasteiger partial charge in [-0.15, -0.1) is 0 Å². The van der Waals surface area contributed by atoms with Gasteiger partial charge < -0.3 is 15.2 Å². The van der Waals surface area contributed by atoms with E-state index >= 15 is 0 Å². The van der Waals surface area contributed by atoms with Crippen LogP contribution in [-0.4, -0.2) is 23.2 Å². The van der Waals surface area contributed by atoms with Crippen LogP contribution in [-0.2, 0) is 0 Å². The van der Waals surface area contributed by atoms with E-state index in [-0.39, 0.29) is 6.04 Å². The average molecular weight is 184 g/mol. The van der Waals surface area contributed by atoms with Crippen LogP contribution in [0.5, 0.6) is 0 Å². The van der Waals surface area contributed by atoms with Gasteiger partial charge in [-0.25, -0.2) is 0 Å². The molecule has 0 spiro atoms. The van der Waals surface area contributed by atoms with E-state index in [2.05, 4.69) is 10.1 Å². The van der Waals surface area contributed by atoms with Crippen LogP contribution in [0.15, 0.2) is 4.52 Å². The van der Waals surface area contributed by atoms with Crippen LogP contribution < -0.4 is 10.6 Å². The molecule has 0 radical (unpaired) electrons. The topological polar surface area (TPSA) is 68.2 Å². The molecule has 0 unspecified atom stereocenters. The first-order valence-corrected chi connectivity index (χ1v) is 4.53. The summed E-state index contributed by atoms with van der Waals surface area (Å²) in [5.74, 6) is 1.11. The summed E-state index contributed by atoms with van der Waals surface area (Å²) in [6, 6.07) is -0.197. The van der Waals surface area contributed by atoms with Crippen LogP contribution in [0.4, 0.5) is 5.95 Å². The molecule has 1 rings (SSSR count). The van der Waals surface area contributed by atoms with Gasteiger partial charge in [0.2, 0.25) is 5.89 Å². The maximum atomic E-state index is 5.60. The first-order chi connectivity index (χ1) is 6.19. The van der Waals surface area contributed by atoms with Crippen molar-refractivity contribution < 1.29 is 4.52 Å². The minimum absolute atomic E-state index is 0.197. The normalized spacial score (nSPS) is 12.9. The molecule has 0 bridgehead atoms. The summed E-state index contributed by atoms with van der Waals surface area (Å²) in [6.07, 6.45) is 0. The quantitative estimate of drug-likeness (QED) is 0.754. The minimum Gasteiger partial charge on any atom is -0.339 e. The fraction of sp³-hybridized carbons (Fsp3) is 0.750. The van der Waals surface area contributed by atoms with Gasteiger partial charge in [-0.3, -0.25) is 0 Å². The number of nitrogens with two attached hydrogens (primary N) is 1. The lowest BCUT2D eigenvalue weighted by Crippen LogP contribution is -2.23. The van der Waals surface area contributed by atoms with Crippen LogP contribution >= 0.6 is 0 Å². The molecule has 1 atom stereocenters. The van der Waals surface area contributed by atoms with Crippen molar-refractivity contribution in [1.82, 2.24) is 10.1 Å². The third kappa shape index (κ3) is 2.18. The molecule has 5 heteroatoms. The molecule has 0 aliphatic rings. The van der Waals surface area contributed by atoms with Crippen molar-refractivity contribution in [3.63, 3.8) is 0 Å². The lowest BCUT2D eigenvalue weighted by atomic mass is 10.4. The summed E-state index contributed by atoms with van der Waals surface area (Å²) in [5, 5.41) is 3.84. The second-order valence-electron chi connectivity index (χ2n) is 2.89. The Kier molecular flexibility index (Phi) is 3.25. The number of rotatable bonds is 4. The zero-order chi connectivity index (χ0) is 9.84. The molecule has 13 heavy (non-hydrogen) atoms. The first kappa shape index (κ1) is 9.98. The van der Waals surface area contributed by atoms with Crippen molar-refractivity contribution in [3.05, 3.63) is 5.89 Å². The van der Waals surface area contributed by atoms with E-state index in [0.29, 0.717) is 11.8 Å². The SMILES string of the molecule is CCN(CC)c1noc([C@@H](C)N)n1. The van der Waals surface area contributed by atoms with Gasteiger partial charge in [0.25, 0.3) is 5.95 Å². The Balaban J connectivity index is 2.78. The van der Waals surface area contributed by atoms with Crippen molar-refractivity contribution in [3.8, 4) is 0 Å². The number of anilines is 1. The van der Waals surface area contributed by atoms with Gasteiger partial charge in [0, 0.05) is 13.1 Å². The van der Waals surface area contributed by atoms with Gasteiger partial charge in [0.1, 0.15) is 0 Å². The fourth-order valence-corrected chi connectivity index (χ4v) is 1.05. The van der Waals surface area contributed by atoms with E-state index in [4.69, 9.17) is 10.3 Å². The van der Waals surface area contributed by atoms with Crippen molar-refractivity contribution >= 4 is 5.95 Å². The second-order valence-corrected chi connectivity index (χ2v) is 2.89. The number of hydrogen-bond donors (Lipinski definition) is 1. The smallest absolute Gasteiger partial charge is 0.266 e. The predicted molar refractivity (Wildman–Crippen MR) is 50.5 cm³/mol. The Morgan fingerprint density at radius 2 is 2.08 bits per heavy atom. The summed E-state index contributed by atoms with van der Waals surface area (Å²) in [6.45, 7) is 7.65. The monoisotopic (exact) mass is 184 g/mol. The molecule has 5 nitrogen and oxygen atoms in total. The van der Waals surface area contributed by atoms with E-state index < -0.39 is 0 Å². The van der Waals surface area contributed by atoms with E-state index in [1.165, 1.54) is 0 Å². The van der Waals surface area contributed by atoms with Crippen molar-refractivity contribution in [2.24, 2.45) is 5.73 Å². The van der Waals surface area contributed by atoms with E-state index in [1.54, 1.807) is 0 Å². The predicted octanol–water partition coefficient (Wildman–Crippen LogP) is 0.935. The molecule has 0 aliphatic carbocycles. The molecule has 1 aromatic heterocycles. The van der Waals surface area contributed by atoms with Crippen LogP contribution in [0, 0.1) is 0 Å². The first-order valence-electron chi connectivity index (χ1n) is 4.53. The molecule has 0 fully saturated rings. The molecule has 0 amide bonds. The molecular weight excluding hydrogens is 168 g/mol.